The zero-order valence-electron chi connectivity index (χ0n) is 13.8. The number of thiocarbonyl (C=S) groups is 1. The summed E-state index contributed by atoms with van der Waals surface area (Å²) in [6, 6.07) is 16.1. The van der Waals surface area contributed by atoms with Crippen LogP contribution in [0.5, 0.6) is 5.75 Å². The smallest absolute Gasteiger partial charge is 0.166 e. The van der Waals surface area contributed by atoms with Crippen molar-refractivity contribution in [1.82, 2.24) is 10.6 Å². The molecule has 0 aliphatic rings. The Balaban J connectivity index is 1.61. The quantitative estimate of drug-likeness (QED) is 0.696. The highest BCUT2D eigenvalue weighted by Crippen LogP contribution is 2.12. The first-order valence-electron chi connectivity index (χ1n) is 8.15. The molecule has 0 aromatic heterocycles. The van der Waals surface area contributed by atoms with E-state index in [0.717, 1.165) is 36.7 Å². The minimum atomic E-state index is 0.690. The van der Waals surface area contributed by atoms with Crippen molar-refractivity contribution in [3.63, 3.8) is 0 Å². The van der Waals surface area contributed by atoms with Crippen LogP contribution in [0, 0.1) is 0 Å². The zero-order valence-corrected chi connectivity index (χ0v) is 15.4. The lowest BCUT2D eigenvalue weighted by Crippen LogP contribution is -2.37. The molecule has 0 aliphatic carbocycles. The predicted molar refractivity (Wildman–Crippen MR) is 105 cm³/mol. The standard InChI is InChI=1S/C19H23ClN2OS/c1-2-23-18-9-5-16(6-10-18)12-14-22-19(24)21-13-11-15-3-7-17(20)8-4-15/h3-10H,2,11-14H2,1H3,(H2,21,22,24). The zero-order chi connectivity index (χ0) is 17.2. The monoisotopic (exact) mass is 362 g/mol. The van der Waals surface area contributed by atoms with E-state index < -0.39 is 0 Å². The molecule has 24 heavy (non-hydrogen) atoms. The molecule has 0 saturated carbocycles. The Labute approximate surface area is 154 Å². The molecule has 0 radical (unpaired) electrons. The first-order chi connectivity index (χ1) is 11.7. The van der Waals surface area contributed by atoms with Crippen molar-refractivity contribution in [3.05, 3.63) is 64.7 Å². The van der Waals surface area contributed by atoms with Crippen LogP contribution < -0.4 is 15.4 Å². The Bertz CT molecular complexity index is 629. The van der Waals surface area contributed by atoms with E-state index >= 15 is 0 Å². The van der Waals surface area contributed by atoms with Gasteiger partial charge in [0.25, 0.3) is 0 Å². The Kier molecular flexibility index (Phi) is 7.86. The van der Waals surface area contributed by atoms with E-state index in [1.165, 1.54) is 11.1 Å². The highest BCUT2D eigenvalue weighted by molar-refractivity contribution is 7.80. The van der Waals surface area contributed by atoms with Crippen LogP contribution in [0.1, 0.15) is 18.1 Å². The summed E-state index contributed by atoms with van der Waals surface area (Å²) < 4.78 is 5.44. The van der Waals surface area contributed by atoms with Gasteiger partial charge in [-0.1, -0.05) is 35.9 Å². The number of benzene rings is 2. The molecule has 0 aliphatic heterocycles. The van der Waals surface area contributed by atoms with Gasteiger partial charge in [-0.25, -0.2) is 0 Å². The van der Waals surface area contributed by atoms with Crippen LogP contribution in [0.4, 0.5) is 0 Å². The Morgan fingerprint density at radius 2 is 1.42 bits per heavy atom. The van der Waals surface area contributed by atoms with Gasteiger partial charge in [-0.15, -0.1) is 0 Å². The molecule has 0 unspecified atom stereocenters. The fraction of sp³-hybridized carbons (Fsp3) is 0.316. The van der Waals surface area contributed by atoms with Crippen molar-refractivity contribution in [1.29, 1.82) is 0 Å². The molecule has 0 fully saturated rings. The van der Waals surface area contributed by atoms with Gasteiger partial charge in [0, 0.05) is 18.1 Å². The molecule has 2 rings (SSSR count). The number of nitrogens with one attached hydrogen (secondary N) is 2. The highest BCUT2D eigenvalue weighted by Gasteiger charge is 1.99. The molecule has 5 heteroatoms. The summed E-state index contributed by atoms with van der Waals surface area (Å²) in [4.78, 5) is 0. The molecule has 0 bridgehead atoms. The maximum Gasteiger partial charge on any atom is 0.166 e. The van der Waals surface area contributed by atoms with E-state index in [4.69, 9.17) is 28.6 Å². The molecule has 0 amide bonds. The topological polar surface area (TPSA) is 33.3 Å². The van der Waals surface area contributed by atoms with Gasteiger partial charge in [0.05, 0.1) is 6.61 Å². The van der Waals surface area contributed by atoms with Gasteiger partial charge in [0.1, 0.15) is 5.75 Å². The second kappa shape index (κ2) is 10.2. The van der Waals surface area contributed by atoms with Crippen molar-refractivity contribution in [2.45, 2.75) is 19.8 Å². The lowest BCUT2D eigenvalue weighted by molar-refractivity contribution is 0.340. The largest absolute Gasteiger partial charge is 0.494 e. The molecule has 0 atom stereocenters. The van der Waals surface area contributed by atoms with Crippen molar-refractivity contribution in [3.8, 4) is 5.75 Å². The fourth-order valence-electron chi connectivity index (χ4n) is 2.27. The third-order valence-corrected chi connectivity index (χ3v) is 4.09. The molecule has 0 heterocycles. The molecule has 0 spiro atoms. The normalized spacial score (nSPS) is 10.2. The maximum absolute atomic E-state index is 5.87. The summed E-state index contributed by atoms with van der Waals surface area (Å²) in [6.45, 7) is 4.28. The molecule has 3 nitrogen and oxygen atoms in total. The van der Waals surface area contributed by atoms with Crippen LogP contribution in [-0.2, 0) is 12.8 Å². The molecule has 2 N–H and O–H groups in total. The Morgan fingerprint density at radius 1 is 0.917 bits per heavy atom. The summed E-state index contributed by atoms with van der Waals surface area (Å²) in [5.74, 6) is 0.911. The van der Waals surface area contributed by atoms with Crippen molar-refractivity contribution < 1.29 is 4.74 Å². The van der Waals surface area contributed by atoms with Gasteiger partial charge in [-0.2, -0.15) is 0 Å². The molecule has 0 saturated heterocycles. The summed E-state index contributed by atoms with van der Waals surface area (Å²) in [7, 11) is 0. The molecule has 128 valence electrons. The van der Waals surface area contributed by atoms with E-state index in [1.807, 2.05) is 43.3 Å². The first-order valence-corrected chi connectivity index (χ1v) is 8.94. The molecular weight excluding hydrogens is 340 g/mol. The predicted octanol–water partition coefficient (Wildman–Crippen LogP) is 3.99. The number of halogens is 1. The third-order valence-electron chi connectivity index (χ3n) is 3.55. The van der Waals surface area contributed by atoms with Gasteiger partial charge in [0.15, 0.2) is 5.11 Å². The van der Waals surface area contributed by atoms with E-state index in [0.29, 0.717) is 11.7 Å². The number of ether oxygens (including phenoxy) is 1. The van der Waals surface area contributed by atoms with E-state index in [2.05, 4.69) is 22.8 Å². The first kappa shape index (κ1) is 18.6. The summed E-state index contributed by atoms with van der Waals surface area (Å²) in [6.07, 6.45) is 1.84. The van der Waals surface area contributed by atoms with Crippen LogP contribution in [0.3, 0.4) is 0 Å². The molecular formula is C19H23ClN2OS. The highest BCUT2D eigenvalue weighted by atomic mass is 35.5. The number of rotatable bonds is 8. The average Bonchev–Trinajstić information content (AvgIpc) is 2.58. The van der Waals surface area contributed by atoms with Crippen LogP contribution in [-0.4, -0.2) is 24.8 Å². The fourth-order valence-corrected chi connectivity index (χ4v) is 2.60. The van der Waals surface area contributed by atoms with E-state index in [1.54, 1.807) is 0 Å². The summed E-state index contributed by atoms with van der Waals surface area (Å²) in [5.41, 5.74) is 2.50. The van der Waals surface area contributed by atoms with Crippen molar-refractivity contribution >= 4 is 28.9 Å². The van der Waals surface area contributed by atoms with Gasteiger partial charge in [-0.3, -0.25) is 0 Å². The van der Waals surface area contributed by atoms with Crippen molar-refractivity contribution in [2.24, 2.45) is 0 Å². The van der Waals surface area contributed by atoms with E-state index in [-0.39, 0.29) is 0 Å². The van der Waals surface area contributed by atoms with Gasteiger partial charge >= 0.3 is 0 Å². The Hall–Kier alpha value is -1.78. The summed E-state index contributed by atoms with van der Waals surface area (Å²) >= 11 is 11.2. The number of hydrogen-bond donors (Lipinski definition) is 2. The summed E-state index contributed by atoms with van der Waals surface area (Å²) in [5, 5.41) is 7.91. The van der Waals surface area contributed by atoms with Crippen LogP contribution in [0.2, 0.25) is 5.02 Å². The second-order valence-electron chi connectivity index (χ2n) is 5.39. The molecule has 2 aromatic rings. The van der Waals surface area contributed by atoms with E-state index in [9.17, 15) is 0 Å². The van der Waals surface area contributed by atoms with Crippen molar-refractivity contribution in [2.75, 3.05) is 19.7 Å². The Morgan fingerprint density at radius 3 is 1.92 bits per heavy atom. The SMILES string of the molecule is CCOc1ccc(CCNC(=S)NCCc2ccc(Cl)cc2)cc1. The van der Waals surface area contributed by atoms with Crippen LogP contribution in [0.25, 0.3) is 0 Å². The number of hydrogen-bond acceptors (Lipinski definition) is 2. The minimum absolute atomic E-state index is 0.690. The second-order valence-corrected chi connectivity index (χ2v) is 6.23. The van der Waals surface area contributed by atoms with Crippen LogP contribution >= 0.6 is 23.8 Å². The van der Waals surface area contributed by atoms with Crippen LogP contribution in [0.15, 0.2) is 48.5 Å². The van der Waals surface area contributed by atoms with Gasteiger partial charge < -0.3 is 15.4 Å². The lowest BCUT2D eigenvalue weighted by atomic mass is 10.1. The maximum atomic E-state index is 5.87. The average molecular weight is 363 g/mol. The minimum Gasteiger partial charge on any atom is -0.494 e. The molecule has 2 aromatic carbocycles. The van der Waals surface area contributed by atoms with Gasteiger partial charge in [0.2, 0.25) is 0 Å². The third kappa shape index (κ3) is 6.77. The van der Waals surface area contributed by atoms with Gasteiger partial charge in [-0.05, 0) is 67.4 Å². The lowest BCUT2D eigenvalue weighted by Gasteiger charge is -2.11.